The molecule has 1 aromatic heterocycles. The minimum atomic E-state index is 0.434. The molecule has 1 aromatic carbocycles. The Morgan fingerprint density at radius 2 is 1.85 bits per heavy atom. The molecule has 2 aromatic rings. The van der Waals surface area contributed by atoms with E-state index in [1.54, 1.807) is 7.11 Å². The molecule has 1 N–H and O–H groups in total. The van der Waals surface area contributed by atoms with Crippen LogP contribution < -0.4 is 14.8 Å². The summed E-state index contributed by atoms with van der Waals surface area (Å²) < 4.78 is 11.0. The van der Waals surface area contributed by atoms with Crippen molar-refractivity contribution in [3.05, 3.63) is 53.3 Å². The highest BCUT2D eigenvalue weighted by molar-refractivity contribution is 5.29. The van der Waals surface area contributed by atoms with Crippen LogP contribution >= 0.6 is 0 Å². The summed E-state index contributed by atoms with van der Waals surface area (Å²) in [5, 5.41) is 3.12. The fourth-order valence-corrected chi connectivity index (χ4v) is 1.96. The van der Waals surface area contributed by atoms with E-state index in [1.165, 1.54) is 5.56 Å². The van der Waals surface area contributed by atoms with Crippen molar-refractivity contribution in [3.8, 4) is 11.5 Å². The minimum Gasteiger partial charge on any atom is -0.497 e. The lowest BCUT2D eigenvalue weighted by atomic mass is 10.2. The first kappa shape index (κ1) is 14.3. The molecule has 0 aliphatic rings. The number of ether oxygens (including phenoxy) is 2. The molecule has 0 saturated heterocycles. The normalized spacial score (nSPS) is 10.3. The van der Waals surface area contributed by atoms with Crippen molar-refractivity contribution in [2.75, 3.05) is 14.2 Å². The summed E-state index contributed by atoms with van der Waals surface area (Å²) in [5.74, 6) is 1.65. The van der Waals surface area contributed by atoms with Crippen LogP contribution in [0.5, 0.6) is 11.5 Å². The number of aromatic nitrogens is 1. The van der Waals surface area contributed by atoms with Crippen LogP contribution in [0.25, 0.3) is 0 Å². The molecule has 0 fully saturated rings. The topological polar surface area (TPSA) is 43.4 Å². The van der Waals surface area contributed by atoms with Gasteiger partial charge in [0.15, 0.2) is 0 Å². The van der Waals surface area contributed by atoms with Gasteiger partial charge in [-0.1, -0.05) is 12.1 Å². The zero-order valence-electron chi connectivity index (χ0n) is 12.1. The molecule has 0 amide bonds. The number of methoxy groups -OCH3 is 1. The van der Waals surface area contributed by atoms with Crippen molar-refractivity contribution in [2.45, 2.75) is 20.1 Å². The summed E-state index contributed by atoms with van der Waals surface area (Å²) in [5.41, 5.74) is 3.02. The zero-order valence-corrected chi connectivity index (χ0v) is 12.1. The molecule has 0 atom stereocenters. The number of hydrogen-bond acceptors (Lipinski definition) is 4. The Morgan fingerprint density at radius 1 is 1.10 bits per heavy atom. The quantitative estimate of drug-likeness (QED) is 0.878. The molecule has 0 aliphatic carbocycles. The Bertz CT molecular complexity index is 553. The van der Waals surface area contributed by atoms with Crippen molar-refractivity contribution in [1.82, 2.24) is 10.3 Å². The van der Waals surface area contributed by atoms with Crippen molar-refractivity contribution in [1.29, 1.82) is 0 Å². The molecule has 4 nitrogen and oxygen atoms in total. The van der Waals surface area contributed by atoms with Gasteiger partial charge in [0.2, 0.25) is 0 Å². The molecule has 0 saturated carbocycles. The van der Waals surface area contributed by atoms with Gasteiger partial charge in [0.05, 0.1) is 12.8 Å². The van der Waals surface area contributed by atoms with E-state index in [0.717, 1.165) is 29.4 Å². The zero-order chi connectivity index (χ0) is 14.4. The average Bonchev–Trinajstić information content (AvgIpc) is 2.46. The van der Waals surface area contributed by atoms with Crippen LogP contribution in [-0.2, 0) is 13.2 Å². The largest absolute Gasteiger partial charge is 0.497 e. The van der Waals surface area contributed by atoms with E-state index in [-0.39, 0.29) is 0 Å². The Balaban J connectivity index is 1.99. The van der Waals surface area contributed by atoms with Gasteiger partial charge in [-0.3, -0.25) is 4.98 Å². The van der Waals surface area contributed by atoms with Gasteiger partial charge in [0.1, 0.15) is 18.1 Å². The molecule has 0 spiro atoms. The van der Waals surface area contributed by atoms with Gasteiger partial charge in [-0.05, 0) is 31.7 Å². The predicted octanol–water partition coefficient (Wildman–Crippen LogP) is 2.70. The summed E-state index contributed by atoms with van der Waals surface area (Å²) in [6.45, 7) is 3.24. The minimum absolute atomic E-state index is 0.434. The second-order valence-corrected chi connectivity index (χ2v) is 4.60. The highest BCUT2D eigenvalue weighted by atomic mass is 16.5. The molecule has 0 aliphatic heterocycles. The molecular formula is C16H20N2O2. The van der Waals surface area contributed by atoms with E-state index in [0.29, 0.717) is 6.61 Å². The Hall–Kier alpha value is -2.07. The van der Waals surface area contributed by atoms with E-state index in [4.69, 9.17) is 9.47 Å². The van der Waals surface area contributed by atoms with Crippen molar-refractivity contribution in [2.24, 2.45) is 0 Å². The molecule has 0 radical (unpaired) electrons. The van der Waals surface area contributed by atoms with Crippen LogP contribution in [0.2, 0.25) is 0 Å². The van der Waals surface area contributed by atoms with Gasteiger partial charge in [-0.25, -0.2) is 0 Å². The highest BCUT2D eigenvalue weighted by Crippen LogP contribution is 2.17. The van der Waals surface area contributed by atoms with Crippen LogP contribution in [0, 0.1) is 6.92 Å². The number of aryl methyl sites for hydroxylation is 1. The molecule has 20 heavy (non-hydrogen) atoms. The number of hydrogen-bond donors (Lipinski definition) is 1. The van der Waals surface area contributed by atoms with E-state index >= 15 is 0 Å². The molecular weight excluding hydrogens is 252 g/mol. The van der Waals surface area contributed by atoms with Gasteiger partial charge in [0, 0.05) is 24.4 Å². The fraction of sp³-hybridized carbons (Fsp3) is 0.312. The molecule has 0 bridgehead atoms. The summed E-state index contributed by atoms with van der Waals surface area (Å²) in [6, 6.07) is 11.8. The molecule has 4 heteroatoms. The summed E-state index contributed by atoms with van der Waals surface area (Å²) in [4.78, 5) is 4.43. The third-order valence-corrected chi connectivity index (χ3v) is 2.91. The number of benzene rings is 1. The van der Waals surface area contributed by atoms with Crippen LogP contribution in [0.15, 0.2) is 36.4 Å². The summed E-state index contributed by atoms with van der Waals surface area (Å²) >= 11 is 0. The molecule has 2 rings (SSSR count). The maximum Gasteiger partial charge on any atom is 0.130 e. The van der Waals surface area contributed by atoms with Crippen LogP contribution in [0.3, 0.4) is 0 Å². The Labute approximate surface area is 119 Å². The molecule has 0 unspecified atom stereocenters. The van der Waals surface area contributed by atoms with Gasteiger partial charge in [-0.15, -0.1) is 0 Å². The summed E-state index contributed by atoms with van der Waals surface area (Å²) in [6.07, 6.45) is 0. The van der Waals surface area contributed by atoms with E-state index < -0.39 is 0 Å². The van der Waals surface area contributed by atoms with Crippen molar-refractivity contribution < 1.29 is 9.47 Å². The third kappa shape index (κ3) is 3.96. The standard InChI is InChI=1S/C16H20N2O2/c1-12-8-16(19-3)9-14(18-12)11-20-15-6-4-13(5-7-15)10-17-2/h4-9,17H,10-11H2,1-3H3. The summed E-state index contributed by atoms with van der Waals surface area (Å²) in [7, 11) is 3.58. The number of rotatable bonds is 6. The Morgan fingerprint density at radius 3 is 2.50 bits per heavy atom. The monoisotopic (exact) mass is 272 g/mol. The maximum atomic E-state index is 5.74. The van der Waals surface area contributed by atoms with Crippen molar-refractivity contribution in [3.63, 3.8) is 0 Å². The van der Waals surface area contributed by atoms with Gasteiger partial charge < -0.3 is 14.8 Å². The predicted molar refractivity (Wildman–Crippen MR) is 79.1 cm³/mol. The number of pyridine rings is 1. The van der Waals surface area contributed by atoms with Crippen LogP contribution in [0.4, 0.5) is 0 Å². The maximum absolute atomic E-state index is 5.74. The SMILES string of the molecule is CNCc1ccc(OCc2cc(OC)cc(C)n2)cc1. The first-order valence-electron chi connectivity index (χ1n) is 6.59. The van der Waals surface area contributed by atoms with Crippen LogP contribution in [0.1, 0.15) is 17.0 Å². The Kier molecular flexibility index (Phi) is 4.96. The smallest absolute Gasteiger partial charge is 0.130 e. The average molecular weight is 272 g/mol. The lowest BCUT2D eigenvalue weighted by Crippen LogP contribution is -2.05. The lowest BCUT2D eigenvalue weighted by Gasteiger charge is -2.09. The van der Waals surface area contributed by atoms with E-state index in [9.17, 15) is 0 Å². The lowest BCUT2D eigenvalue weighted by molar-refractivity contribution is 0.299. The van der Waals surface area contributed by atoms with Gasteiger partial charge in [0.25, 0.3) is 0 Å². The van der Waals surface area contributed by atoms with E-state index in [1.807, 2.05) is 38.2 Å². The number of nitrogens with zero attached hydrogens (tertiary/aromatic N) is 1. The first-order chi connectivity index (χ1) is 9.71. The van der Waals surface area contributed by atoms with Crippen molar-refractivity contribution >= 4 is 0 Å². The van der Waals surface area contributed by atoms with Crippen LogP contribution in [-0.4, -0.2) is 19.1 Å². The second kappa shape index (κ2) is 6.91. The first-order valence-corrected chi connectivity index (χ1v) is 6.59. The van der Waals surface area contributed by atoms with Gasteiger partial charge in [-0.2, -0.15) is 0 Å². The fourth-order valence-electron chi connectivity index (χ4n) is 1.96. The molecule has 106 valence electrons. The van der Waals surface area contributed by atoms with E-state index in [2.05, 4.69) is 22.4 Å². The van der Waals surface area contributed by atoms with Gasteiger partial charge >= 0.3 is 0 Å². The second-order valence-electron chi connectivity index (χ2n) is 4.60. The number of nitrogens with one attached hydrogen (secondary N) is 1. The third-order valence-electron chi connectivity index (χ3n) is 2.91. The highest BCUT2D eigenvalue weighted by Gasteiger charge is 2.02. The molecule has 1 heterocycles.